The van der Waals surface area contributed by atoms with Gasteiger partial charge < -0.3 is 9.84 Å². The number of rotatable bonds is 5. The lowest BCUT2D eigenvalue weighted by Gasteiger charge is -2.19. The Labute approximate surface area is 141 Å². The van der Waals surface area contributed by atoms with E-state index < -0.39 is 11.6 Å². The summed E-state index contributed by atoms with van der Waals surface area (Å²) in [5.41, 5.74) is 1.82. The lowest BCUT2D eigenvalue weighted by molar-refractivity contribution is -0.154. The van der Waals surface area contributed by atoms with Crippen LogP contribution >= 0.6 is 0 Å². The zero-order valence-corrected chi connectivity index (χ0v) is 14.4. The minimum Gasteiger partial charge on any atom is -0.477 e. The quantitative estimate of drug-likeness (QED) is 0.852. The number of carboxylic acid groups (broad SMARTS) is 1. The number of carbonyl (C=O) groups is 2. The van der Waals surface area contributed by atoms with Crippen molar-refractivity contribution in [1.82, 2.24) is 9.78 Å². The second-order valence-electron chi connectivity index (χ2n) is 6.64. The highest BCUT2D eigenvalue weighted by atomic mass is 16.6. The number of hydrogen-bond acceptors (Lipinski definition) is 4. The Kier molecular flexibility index (Phi) is 5.07. The van der Waals surface area contributed by atoms with Gasteiger partial charge in [0.2, 0.25) is 0 Å². The maximum atomic E-state index is 11.8. The van der Waals surface area contributed by atoms with Gasteiger partial charge in [0, 0.05) is 6.42 Å². The largest absolute Gasteiger partial charge is 0.477 e. The van der Waals surface area contributed by atoms with Gasteiger partial charge in [0.25, 0.3) is 0 Å². The first kappa shape index (κ1) is 17.7. The number of carbonyl (C=O) groups excluding carboxylic acids is 1. The van der Waals surface area contributed by atoms with Crippen LogP contribution in [-0.2, 0) is 16.0 Å². The molecule has 0 unspecified atom stereocenters. The van der Waals surface area contributed by atoms with E-state index >= 15 is 0 Å². The standard InChI is InChI=1S/C18H22N2O4/c1-12-10-15(17(22)23)20(19-12)14-7-5-6-13(11-14)8-9-16(21)24-18(2,3)4/h5-7,10-11H,8-9H2,1-4H3,(H,22,23). The van der Waals surface area contributed by atoms with E-state index in [0.29, 0.717) is 17.8 Å². The molecule has 2 aromatic rings. The Morgan fingerprint density at radius 3 is 2.58 bits per heavy atom. The molecular formula is C18H22N2O4. The van der Waals surface area contributed by atoms with Crippen LogP contribution < -0.4 is 0 Å². The number of aromatic nitrogens is 2. The van der Waals surface area contributed by atoms with Crippen molar-refractivity contribution in [2.75, 3.05) is 0 Å². The molecule has 24 heavy (non-hydrogen) atoms. The number of esters is 1. The summed E-state index contributed by atoms with van der Waals surface area (Å²) in [7, 11) is 0. The van der Waals surface area contributed by atoms with Gasteiger partial charge in [0.05, 0.1) is 11.4 Å². The highest BCUT2D eigenvalue weighted by molar-refractivity contribution is 5.86. The summed E-state index contributed by atoms with van der Waals surface area (Å²) < 4.78 is 6.69. The molecule has 0 amide bonds. The zero-order chi connectivity index (χ0) is 17.9. The van der Waals surface area contributed by atoms with Gasteiger partial charge in [-0.2, -0.15) is 5.10 Å². The number of aromatic carboxylic acids is 1. The van der Waals surface area contributed by atoms with Crippen molar-refractivity contribution in [3.8, 4) is 5.69 Å². The lowest BCUT2D eigenvalue weighted by Crippen LogP contribution is -2.24. The first-order valence-electron chi connectivity index (χ1n) is 7.77. The van der Waals surface area contributed by atoms with Crippen molar-refractivity contribution >= 4 is 11.9 Å². The molecule has 0 aliphatic carbocycles. The molecule has 1 heterocycles. The van der Waals surface area contributed by atoms with Crippen LogP contribution in [0.5, 0.6) is 0 Å². The maximum Gasteiger partial charge on any atom is 0.354 e. The number of carboxylic acids is 1. The number of aryl methyl sites for hydroxylation is 2. The molecule has 0 spiro atoms. The summed E-state index contributed by atoms with van der Waals surface area (Å²) in [5, 5.41) is 13.5. The number of nitrogens with zero attached hydrogens (tertiary/aromatic N) is 2. The maximum absolute atomic E-state index is 11.8. The Bertz CT molecular complexity index is 757. The van der Waals surface area contributed by atoms with Gasteiger partial charge in [-0.3, -0.25) is 4.79 Å². The van der Waals surface area contributed by atoms with Gasteiger partial charge in [0.15, 0.2) is 5.69 Å². The van der Waals surface area contributed by atoms with Crippen LogP contribution in [0.15, 0.2) is 30.3 Å². The molecule has 0 atom stereocenters. The van der Waals surface area contributed by atoms with Crippen LogP contribution in [0.25, 0.3) is 5.69 Å². The lowest BCUT2D eigenvalue weighted by atomic mass is 10.1. The van der Waals surface area contributed by atoms with Gasteiger partial charge in [-0.1, -0.05) is 12.1 Å². The molecule has 0 saturated carbocycles. The molecule has 0 aliphatic rings. The van der Waals surface area contributed by atoms with Gasteiger partial charge in [-0.15, -0.1) is 0 Å². The van der Waals surface area contributed by atoms with Gasteiger partial charge >= 0.3 is 11.9 Å². The number of hydrogen-bond donors (Lipinski definition) is 1. The number of benzene rings is 1. The minimum absolute atomic E-state index is 0.108. The Balaban J connectivity index is 2.15. The van der Waals surface area contributed by atoms with Crippen molar-refractivity contribution in [3.63, 3.8) is 0 Å². The molecular weight excluding hydrogens is 308 g/mol. The fourth-order valence-corrected chi connectivity index (χ4v) is 2.33. The van der Waals surface area contributed by atoms with Crippen molar-refractivity contribution in [2.24, 2.45) is 0 Å². The molecule has 0 aliphatic heterocycles. The second kappa shape index (κ2) is 6.86. The summed E-state index contributed by atoms with van der Waals surface area (Å²) in [6.07, 6.45) is 0.788. The average molecular weight is 330 g/mol. The monoisotopic (exact) mass is 330 g/mol. The van der Waals surface area contributed by atoms with E-state index in [0.717, 1.165) is 5.56 Å². The van der Waals surface area contributed by atoms with E-state index in [1.54, 1.807) is 13.0 Å². The van der Waals surface area contributed by atoms with Crippen molar-refractivity contribution in [3.05, 3.63) is 47.3 Å². The molecule has 6 nitrogen and oxygen atoms in total. The second-order valence-corrected chi connectivity index (χ2v) is 6.64. The first-order chi connectivity index (χ1) is 11.2. The molecule has 1 aromatic heterocycles. The zero-order valence-electron chi connectivity index (χ0n) is 14.4. The fourth-order valence-electron chi connectivity index (χ4n) is 2.33. The predicted octanol–water partition coefficient (Wildman–Crippen LogP) is 3.15. The third-order valence-electron chi connectivity index (χ3n) is 3.24. The van der Waals surface area contributed by atoms with Crippen molar-refractivity contribution in [2.45, 2.75) is 46.1 Å². The molecule has 0 fully saturated rings. The van der Waals surface area contributed by atoms with Gasteiger partial charge in [-0.25, -0.2) is 9.48 Å². The van der Waals surface area contributed by atoms with Crippen LogP contribution in [0.3, 0.4) is 0 Å². The Morgan fingerprint density at radius 2 is 1.96 bits per heavy atom. The first-order valence-corrected chi connectivity index (χ1v) is 7.77. The summed E-state index contributed by atoms with van der Waals surface area (Å²) in [4.78, 5) is 23.1. The Hall–Kier alpha value is -2.63. The summed E-state index contributed by atoms with van der Waals surface area (Å²) in [5.74, 6) is -1.29. The topological polar surface area (TPSA) is 81.4 Å². The van der Waals surface area contributed by atoms with Crippen LogP contribution in [0, 0.1) is 6.92 Å². The van der Waals surface area contributed by atoms with E-state index in [1.165, 1.54) is 10.7 Å². The van der Waals surface area contributed by atoms with Gasteiger partial charge in [0.1, 0.15) is 5.60 Å². The van der Waals surface area contributed by atoms with Crippen molar-refractivity contribution < 1.29 is 19.4 Å². The highest BCUT2D eigenvalue weighted by Gasteiger charge is 2.17. The highest BCUT2D eigenvalue weighted by Crippen LogP contribution is 2.16. The van der Waals surface area contributed by atoms with E-state index in [2.05, 4.69) is 5.10 Å². The number of ether oxygens (including phenoxy) is 1. The van der Waals surface area contributed by atoms with Crippen LogP contribution in [0.4, 0.5) is 0 Å². The van der Waals surface area contributed by atoms with Crippen LogP contribution in [-0.4, -0.2) is 32.4 Å². The third kappa shape index (κ3) is 4.68. The predicted molar refractivity (Wildman–Crippen MR) is 89.4 cm³/mol. The van der Waals surface area contributed by atoms with Crippen LogP contribution in [0.2, 0.25) is 0 Å². The van der Waals surface area contributed by atoms with E-state index in [1.807, 2.05) is 39.0 Å². The minimum atomic E-state index is -1.03. The molecule has 6 heteroatoms. The van der Waals surface area contributed by atoms with Gasteiger partial charge in [-0.05, 0) is 57.9 Å². The molecule has 1 aromatic carbocycles. The molecule has 0 radical (unpaired) electrons. The fraction of sp³-hybridized carbons (Fsp3) is 0.389. The molecule has 2 rings (SSSR count). The van der Waals surface area contributed by atoms with E-state index in [-0.39, 0.29) is 18.1 Å². The average Bonchev–Trinajstić information content (AvgIpc) is 2.86. The molecule has 1 N–H and O–H groups in total. The summed E-state index contributed by atoms with van der Waals surface area (Å²) in [6.45, 7) is 7.24. The molecule has 0 bridgehead atoms. The normalized spacial score (nSPS) is 11.3. The van der Waals surface area contributed by atoms with Crippen molar-refractivity contribution in [1.29, 1.82) is 0 Å². The van der Waals surface area contributed by atoms with Crippen LogP contribution in [0.1, 0.15) is 48.9 Å². The smallest absolute Gasteiger partial charge is 0.354 e. The van der Waals surface area contributed by atoms with E-state index in [4.69, 9.17) is 4.74 Å². The van der Waals surface area contributed by atoms with E-state index in [9.17, 15) is 14.7 Å². The summed E-state index contributed by atoms with van der Waals surface area (Å²) >= 11 is 0. The Morgan fingerprint density at radius 1 is 1.25 bits per heavy atom. The molecule has 128 valence electrons. The SMILES string of the molecule is Cc1cc(C(=O)O)n(-c2cccc(CCC(=O)OC(C)(C)C)c2)n1. The third-order valence-corrected chi connectivity index (χ3v) is 3.24. The summed E-state index contributed by atoms with van der Waals surface area (Å²) in [6, 6.07) is 8.86. The molecule has 0 saturated heterocycles.